The number of halogens is 1. The number of aromatic nitrogens is 2. The Morgan fingerprint density at radius 3 is 3.05 bits per heavy atom. The first kappa shape index (κ1) is 14.8. The van der Waals surface area contributed by atoms with E-state index in [0.29, 0.717) is 16.4 Å². The van der Waals surface area contributed by atoms with Gasteiger partial charge in [0.1, 0.15) is 11.5 Å². The molecule has 2 aromatic rings. The van der Waals surface area contributed by atoms with Gasteiger partial charge in [-0.3, -0.25) is 10.1 Å². The van der Waals surface area contributed by atoms with Crippen LogP contribution in [0.15, 0.2) is 23.1 Å². The van der Waals surface area contributed by atoms with Crippen LogP contribution in [-0.4, -0.2) is 20.5 Å². The van der Waals surface area contributed by atoms with Crippen molar-refractivity contribution in [1.29, 1.82) is 0 Å². The third-order valence-electron chi connectivity index (χ3n) is 3.71. The summed E-state index contributed by atoms with van der Waals surface area (Å²) in [6, 6.07) is 4.79. The molecule has 3 rings (SSSR count). The molecule has 6 nitrogen and oxygen atoms in total. The van der Waals surface area contributed by atoms with Crippen LogP contribution in [-0.2, 0) is 7.05 Å². The second-order valence-corrected chi connectivity index (χ2v) is 6.26. The summed E-state index contributed by atoms with van der Waals surface area (Å²) >= 11 is 1.48. The summed E-state index contributed by atoms with van der Waals surface area (Å²) in [7, 11) is 1.66. The Kier molecular flexibility index (Phi) is 3.78. The van der Waals surface area contributed by atoms with Gasteiger partial charge in [0.05, 0.1) is 11.0 Å². The zero-order chi connectivity index (χ0) is 15.9. The number of nitrogens with one attached hydrogen (secondary N) is 1. The smallest absolute Gasteiger partial charge is 0.333 e. The molecule has 116 valence electrons. The Balaban J connectivity index is 2.00. The molecule has 0 aliphatic carbocycles. The number of rotatable bonds is 3. The highest BCUT2D eigenvalue weighted by atomic mass is 32.2. The Labute approximate surface area is 130 Å². The van der Waals surface area contributed by atoms with E-state index in [4.69, 9.17) is 0 Å². The van der Waals surface area contributed by atoms with Crippen LogP contribution in [0.4, 0.5) is 15.9 Å². The van der Waals surface area contributed by atoms with Gasteiger partial charge in [-0.25, -0.2) is 9.07 Å². The average Bonchev–Trinajstić information content (AvgIpc) is 2.74. The van der Waals surface area contributed by atoms with E-state index >= 15 is 0 Å². The number of fused-ring (bicyclic) bond motifs is 1. The van der Waals surface area contributed by atoms with Gasteiger partial charge in [-0.1, -0.05) is 12.1 Å². The fourth-order valence-corrected chi connectivity index (χ4v) is 3.87. The van der Waals surface area contributed by atoms with Crippen molar-refractivity contribution in [2.75, 3.05) is 11.1 Å². The van der Waals surface area contributed by atoms with E-state index in [2.05, 4.69) is 10.4 Å². The third-order valence-corrected chi connectivity index (χ3v) is 4.87. The van der Waals surface area contributed by atoms with E-state index in [9.17, 15) is 14.5 Å². The summed E-state index contributed by atoms with van der Waals surface area (Å²) in [6.45, 7) is 1.60. The lowest BCUT2D eigenvalue weighted by molar-refractivity contribution is -0.384. The summed E-state index contributed by atoms with van der Waals surface area (Å²) in [5.41, 5.74) is 1.17. The van der Waals surface area contributed by atoms with Gasteiger partial charge in [0.2, 0.25) is 5.82 Å². The summed E-state index contributed by atoms with van der Waals surface area (Å²) in [5.74, 6) is 0.871. The van der Waals surface area contributed by atoms with Gasteiger partial charge < -0.3 is 5.32 Å². The van der Waals surface area contributed by atoms with Crippen molar-refractivity contribution in [3.05, 3.63) is 45.4 Å². The van der Waals surface area contributed by atoms with Crippen LogP contribution >= 0.6 is 11.8 Å². The van der Waals surface area contributed by atoms with Crippen LogP contribution in [0.3, 0.4) is 0 Å². The molecule has 22 heavy (non-hydrogen) atoms. The summed E-state index contributed by atoms with van der Waals surface area (Å²) in [4.78, 5) is 11.4. The number of aryl methyl sites for hydroxylation is 2. The van der Waals surface area contributed by atoms with Crippen LogP contribution in [0.25, 0.3) is 0 Å². The predicted molar refractivity (Wildman–Crippen MR) is 82.7 cm³/mol. The molecular formula is C14H15FN4O2S. The molecule has 1 aliphatic heterocycles. The standard InChI is InChI=1S/C14H15FN4O2S/c1-8-12(19(20)21)14(18(2)17-8)16-11-6-7-22-13-9(11)4-3-5-10(13)15/h3-5,11,16H,6-7H2,1-2H3/t11-/m1/s1. The number of hydrogen-bond acceptors (Lipinski definition) is 5. The van der Waals surface area contributed by atoms with Gasteiger partial charge in [0.15, 0.2) is 0 Å². The highest BCUT2D eigenvalue weighted by Gasteiger charge is 2.29. The number of thioether (sulfide) groups is 1. The number of nitrogens with zero attached hydrogens (tertiary/aromatic N) is 3. The minimum Gasteiger partial charge on any atom is -0.358 e. The van der Waals surface area contributed by atoms with Crippen molar-refractivity contribution in [2.45, 2.75) is 24.3 Å². The SMILES string of the molecule is Cc1nn(C)c(N[C@@H]2CCSc3c(F)cccc32)c1[N+](=O)[O-]. The van der Waals surface area contributed by atoms with Crippen molar-refractivity contribution in [3.8, 4) is 0 Å². The van der Waals surface area contributed by atoms with E-state index in [1.165, 1.54) is 22.5 Å². The van der Waals surface area contributed by atoms with E-state index < -0.39 is 4.92 Å². The van der Waals surface area contributed by atoms with Gasteiger partial charge in [-0.15, -0.1) is 11.8 Å². The van der Waals surface area contributed by atoms with Crippen molar-refractivity contribution < 1.29 is 9.31 Å². The Morgan fingerprint density at radius 1 is 1.55 bits per heavy atom. The van der Waals surface area contributed by atoms with Gasteiger partial charge in [-0.05, 0) is 25.0 Å². The first-order valence-corrected chi connectivity index (χ1v) is 7.83. The predicted octanol–water partition coefficient (Wildman–Crippen LogP) is 3.42. The molecule has 0 unspecified atom stereocenters. The van der Waals surface area contributed by atoms with Crippen LogP contribution in [0.1, 0.15) is 23.7 Å². The zero-order valence-electron chi connectivity index (χ0n) is 12.2. The second kappa shape index (κ2) is 5.60. The van der Waals surface area contributed by atoms with Gasteiger partial charge in [0, 0.05) is 17.7 Å². The van der Waals surface area contributed by atoms with Crippen molar-refractivity contribution in [3.63, 3.8) is 0 Å². The molecule has 0 saturated heterocycles. The molecule has 1 atom stereocenters. The number of hydrogen-bond donors (Lipinski definition) is 1. The van der Waals surface area contributed by atoms with Crippen LogP contribution in [0.5, 0.6) is 0 Å². The lowest BCUT2D eigenvalue weighted by Gasteiger charge is -2.26. The Hall–Kier alpha value is -2.09. The quantitative estimate of drug-likeness (QED) is 0.692. The maximum Gasteiger partial charge on any atom is 0.333 e. The topological polar surface area (TPSA) is 73.0 Å². The highest BCUT2D eigenvalue weighted by molar-refractivity contribution is 7.99. The molecule has 0 fully saturated rings. The average molecular weight is 322 g/mol. The van der Waals surface area contributed by atoms with Crippen LogP contribution in [0, 0.1) is 22.9 Å². The molecule has 2 heterocycles. The fourth-order valence-electron chi connectivity index (χ4n) is 2.73. The molecule has 0 spiro atoms. The van der Waals surface area contributed by atoms with Crippen LogP contribution < -0.4 is 5.32 Å². The molecule has 0 radical (unpaired) electrons. The van der Waals surface area contributed by atoms with Crippen molar-refractivity contribution in [2.24, 2.45) is 7.05 Å². The molecular weight excluding hydrogens is 307 g/mol. The molecule has 0 bridgehead atoms. The number of anilines is 1. The van der Waals surface area contributed by atoms with Crippen molar-refractivity contribution >= 4 is 23.3 Å². The van der Waals surface area contributed by atoms with Crippen molar-refractivity contribution in [1.82, 2.24) is 9.78 Å². The van der Waals surface area contributed by atoms with E-state index in [1.54, 1.807) is 20.0 Å². The Bertz CT molecular complexity index is 747. The third kappa shape index (κ3) is 2.43. The lowest BCUT2D eigenvalue weighted by Crippen LogP contribution is -2.19. The lowest BCUT2D eigenvalue weighted by atomic mass is 10.0. The normalized spacial score (nSPS) is 17.1. The zero-order valence-corrected chi connectivity index (χ0v) is 13.0. The van der Waals surface area contributed by atoms with E-state index in [0.717, 1.165) is 17.7 Å². The summed E-state index contributed by atoms with van der Waals surface area (Å²) < 4.78 is 15.4. The molecule has 8 heteroatoms. The first-order chi connectivity index (χ1) is 10.5. The van der Waals surface area contributed by atoms with Crippen LogP contribution in [0.2, 0.25) is 0 Å². The summed E-state index contributed by atoms with van der Waals surface area (Å²) in [6.07, 6.45) is 0.766. The molecule has 0 saturated carbocycles. The van der Waals surface area contributed by atoms with Gasteiger partial charge >= 0.3 is 5.69 Å². The maximum atomic E-state index is 13.9. The fraction of sp³-hybridized carbons (Fsp3) is 0.357. The summed E-state index contributed by atoms with van der Waals surface area (Å²) in [5, 5.41) is 18.5. The van der Waals surface area contributed by atoms with Gasteiger partial charge in [-0.2, -0.15) is 5.10 Å². The first-order valence-electron chi connectivity index (χ1n) is 6.84. The molecule has 1 aromatic carbocycles. The molecule has 1 N–H and O–H groups in total. The number of nitro groups is 1. The monoisotopic (exact) mass is 322 g/mol. The minimum atomic E-state index is -0.436. The largest absolute Gasteiger partial charge is 0.358 e. The van der Waals surface area contributed by atoms with E-state index in [-0.39, 0.29) is 17.5 Å². The Morgan fingerprint density at radius 2 is 2.32 bits per heavy atom. The highest BCUT2D eigenvalue weighted by Crippen LogP contribution is 2.40. The second-order valence-electron chi connectivity index (χ2n) is 5.16. The number of benzene rings is 1. The molecule has 1 aromatic heterocycles. The van der Waals surface area contributed by atoms with Gasteiger partial charge in [0.25, 0.3) is 0 Å². The molecule has 1 aliphatic rings. The molecule has 0 amide bonds. The minimum absolute atomic E-state index is 0.0290. The maximum absolute atomic E-state index is 13.9. The van der Waals surface area contributed by atoms with E-state index in [1.807, 2.05) is 6.07 Å².